The maximum absolute atomic E-state index is 12.9. The standard InChI is InChI=1S/C23H25N3O5S/c1-3-31-20-10-6-17(7-11-20)24-23(27)21-14-22(16-4-8-19(30-2)9-5-16)26(25-21)18-12-13-32(28,29)15-18/h4-11,14,18H,3,12-13,15H2,1-2H3,(H,24,27)/t18-/m0/s1. The van der Waals surface area contributed by atoms with E-state index in [1.807, 2.05) is 31.2 Å². The summed E-state index contributed by atoms with van der Waals surface area (Å²) >= 11 is 0. The van der Waals surface area contributed by atoms with Crippen molar-refractivity contribution in [3.8, 4) is 22.8 Å². The molecule has 168 valence electrons. The molecule has 1 fully saturated rings. The molecule has 2 aromatic carbocycles. The van der Waals surface area contributed by atoms with Gasteiger partial charge in [0.1, 0.15) is 11.5 Å². The maximum Gasteiger partial charge on any atom is 0.276 e. The van der Waals surface area contributed by atoms with Crippen LogP contribution in [0.5, 0.6) is 11.5 Å². The number of rotatable bonds is 7. The molecule has 0 unspecified atom stereocenters. The van der Waals surface area contributed by atoms with Gasteiger partial charge in [-0.15, -0.1) is 0 Å². The van der Waals surface area contributed by atoms with Crippen molar-refractivity contribution in [1.29, 1.82) is 0 Å². The van der Waals surface area contributed by atoms with Crippen LogP contribution in [0.4, 0.5) is 5.69 Å². The average molecular weight is 456 g/mol. The molecule has 0 bridgehead atoms. The molecule has 32 heavy (non-hydrogen) atoms. The number of amides is 1. The summed E-state index contributed by atoms with van der Waals surface area (Å²) in [6.07, 6.45) is 0.465. The van der Waals surface area contributed by atoms with Crippen LogP contribution in [-0.2, 0) is 9.84 Å². The van der Waals surface area contributed by atoms with Crippen LogP contribution < -0.4 is 14.8 Å². The van der Waals surface area contributed by atoms with Crippen LogP contribution >= 0.6 is 0 Å². The highest BCUT2D eigenvalue weighted by Crippen LogP contribution is 2.31. The molecule has 1 N–H and O–H groups in total. The van der Waals surface area contributed by atoms with Gasteiger partial charge in [-0.25, -0.2) is 8.42 Å². The molecule has 0 spiro atoms. The number of nitrogens with one attached hydrogen (secondary N) is 1. The summed E-state index contributed by atoms with van der Waals surface area (Å²) in [5, 5.41) is 7.34. The Morgan fingerprint density at radius 3 is 2.41 bits per heavy atom. The molecule has 1 aliphatic rings. The van der Waals surface area contributed by atoms with Crippen LogP contribution in [0.2, 0.25) is 0 Å². The minimum atomic E-state index is -3.11. The van der Waals surface area contributed by atoms with Crippen molar-refractivity contribution in [3.05, 3.63) is 60.3 Å². The van der Waals surface area contributed by atoms with E-state index < -0.39 is 9.84 Å². The van der Waals surface area contributed by atoms with Gasteiger partial charge in [0.25, 0.3) is 5.91 Å². The SMILES string of the molecule is CCOc1ccc(NC(=O)c2cc(-c3ccc(OC)cc3)n([C@H]3CCS(=O)(=O)C3)n2)cc1. The Bertz CT molecular complexity index is 1200. The third kappa shape index (κ3) is 4.77. The van der Waals surface area contributed by atoms with Crippen LogP contribution in [0.25, 0.3) is 11.3 Å². The molecule has 9 heteroatoms. The fourth-order valence-electron chi connectivity index (χ4n) is 3.73. The lowest BCUT2D eigenvalue weighted by atomic mass is 10.1. The highest BCUT2D eigenvalue weighted by molar-refractivity contribution is 7.91. The second-order valence-corrected chi connectivity index (χ2v) is 9.78. The molecule has 1 amide bonds. The zero-order chi connectivity index (χ0) is 22.7. The first-order valence-corrected chi connectivity index (χ1v) is 12.2. The van der Waals surface area contributed by atoms with Crippen LogP contribution in [0, 0.1) is 0 Å². The number of anilines is 1. The fourth-order valence-corrected chi connectivity index (χ4v) is 5.42. The van der Waals surface area contributed by atoms with E-state index >= 15 is 0 Å². The summed E-state index contributed by atoms with van der Waals surface area (Å²) < 4.78 is 36.4. The molecule has 1 atom stereocenters. The average Bonchev–Trinajstić information content (AvgIpc) is 3.39. The molecular formula is C23H25N3O5S. The second kappa shape index (κ2) is 9.04. The first-order valence-electron chi connectivity index (χ1n) is 10.4. The van der Waals surface area contributed by atoms with Gasteiger partial charge >= 0.3 is 0 Å². The summed E-state index contributed by atoms with van der Waals surface area (Å²) in [5.74, 6) is 1.18. The zero-order valence-corrected chi connectivity index (χ0v) is 18.8. The van der Waals surface area contributed by atoms with Crippen molar-refractivity contribution in [2.45, 2.75) is 19.4 Å². The summed E-state index contributed by atoms with van der Waals surface area (Å²) in [6.45, 7) is 2.47. The first-order chi connectivity index (χ1) is 15.4. The summed E-state index contributed by atoms with van der Waals surface area (Å²) in [7, 11) is -1.53. The third-order valence-corrected chi connectivity index (χ3v) is 7.08. The number of benzene rings is 2. The van der Waals surface area contributed by atoms with Crippen LogP contribution in [0.3, 0.4) is 0 Å². The summed E-state index contributed by atoms with van der Waals surface area (Å²) in [4.78, 5) is 12.9. The van der Waals surface area contributed by atoms with Gasteiger partial charge < -0.3 is 14.8 Å². The molecule has 0 aliphatic carbocycles. The van der Waals surface area contributed by atoms with E-state index in [2.05, 4.69) is 10.4 Å². The van der Waals surface area contributed by atoms with E-state index in [9.17, 15) is 13.2 Å². The van der Waals surface area contributed by atoms with Crippen molar-refractivity contribution in [1.82, 2.24) is 9.78 Å². The van der Waals surface area contributed by atoms with Crippen LogP contribution in [0.1, 0.15) is 29.9 Å². The Balaban J connectivity index is 1.64. The largest absolute Gasteiger partial charge is 0.497 e. The predicted molar refractivity (Wildman–Crippen MR) is 122 cm³/mol. The summed E-state index contributed by atoms with van der Waals surface area (Å²) in [6, 6.07) is 15.8. The third-order valence-electron chi connectivity index (χ3n) is 5.33. The number of hydrogen-bond acceptors (Lipinski definition) is 6. The predicted octanol–water partition coefficient (Wildman–Crippen LogP) is 3.57. The maximum atomic E-state index is 12.9. The molecule has 0 radical (unpaired) electrons. The van der Waals surface area contributed by atoms with E-state index in [-0.39, 0.29) is 29.1 Å². The molecule has 4 rings (SSSR count). The van der Waals surface area contributed by atoms with E-state index in [1.165, 1.54) is 0 Å². The summed E-state index contributed by atoms with van der Waals surface area (Å²) in [5.41, 5.74) is 2.34. The first kappa shape index (κ1) is 21.9. The van der Waals surface area contributed by atoms with E-state index in [0.29, 0.717) is 30.2 Å². The minimum absolute atomic E-state index is 0.0117. The van der Waals surface area contributed by atoms with Gasteiger partial charge in [0, 0.05) is 11.3 Å². The van der Waals surface area contributed by atoms with Gasteiger partial charge in [-0.05, 0) is 67.9 Å². The van der Waals surface area contributed by atoms with Crippen LogP contribution in [0.15, 0.2) is 54.6 Å². The highest BCUT2D eigenvalue weighted by Gasteiger charge is 2.32. The van der Waals surface area contributed by atoms with Crippen LogP contribution in [-0.4, -0.2) is 49.3 Å². The van der Waals surface area contributed by atoms with Crippen molar-refractivity contribution >= 4 is 21.4 Å². The Morgan fingerprint density at radius 1 is 1.12 bits per heavy atom. The monoisotopic (exact) mass is 455 g/mol. The van der Waals surface area contributed by atoms with Gasteiger partial charge in [0.2, 0.25) is 0 Å². The van der Waals surface area contributed by atoms with Gasteiger partial charge in [0.05, 0.1) is 37.0 Å². The van der Waals surface area contributed by atoms with Crippen molar-refractivity contribution in [2.75, 3.05) is 30.5 Å². The van der Waals surface area contributed by atoms with E-state index in [4.69, 9.17) is 9.47 Å². The lowest BCUT2D eigenvalue weighted by molar-refractivity contribution is 0.102. The highest BCUT2D eigenvalue weighted by atomic mass is 32.2. The number of carbonyl (C=O) groups is 1. The number of sulfone groups is 1. The Hall–Kier alpha value is -3.33. The molecule has 2 heterocycles. The number of ether oxygens (including phenoxy) is 2. The lowest BCUT2D eigenvalue weighted by Gasteiger charge is -2.13. The topological polar surface area (TPSA) is 99.5 Å². The van der Waals surface area contributed by atoms with E-state index in [0.717, 1.165) is 11.3 Å². The number of hydrogen-bond donors (Lipinski definition) is 1. The fraction of sp³-hybridized carbons (Fsp3) is 0.304. The smallest absolute Gasteiger partial charge is 0.276 e. The zero-order valence-electron chi connectivity index (χ0n) is 17.9. The Kier molecular flexibility index (Phi) is 6.18. The second-order valence-electron chi connectivity index (χ2n) is 7.56. The van der Waals surface area contributed by atoms with E-state index in [1.54, 1.807) is 42.1 Å². The molecule has 1 aliphatic heterocycles. The number of methoxy groups -OCH3 is 1. The van der Waals surface area contributed by atoms with Crippen molar-refractivity contribution < 1.29 is 22.7 Å². The molecule has 0 saturated carbocycles. The Morgan fingerprint density at radius 2 is 1.81 bits per heavy atom. The molecule has 8 nitrogen and oxygen atoms in total. The minimum Gasteiger partial charge on any atom is -0.497 e. The van der Waals surface area contributed by atoms with Crippen molar-refractivity contribution in [2.24, 2.45) is 0 Å². The Labute approximate surface area is 187 Å². The normalized spacial score (nSPS) is 17.1. The number of aromatic nitrogens is 2. The quantitative estimate of drug-likeness (QED) is 0.585. The van der Waals surface area contributed by atoms with Gasteiger partial charge in [-0.1, -0.05) is 0 Å². The lowest BCUT2D eigenvalue weighted by Crippen LogP contribution is -2.16. The van der Waals surface area contributed by atoms with Gasteiger partial charge in [-0.3, -0.25) is 9.48 Å². The van der Waals surface area contributed by atoms with Gasteiger partial charge in [0.15, 0.2) is 15.5 Å². The number of carbonyl (C=O) groups excluding carboxylic acids is 1. The molecule has 3 aromatic rings. The number of nitrogens with zero attached hydrogens (tertiary/aromatic N) is 2. The van der Waals surface area contributed by atoms with Crippen molar-refractivity contribution in [3.63, 3.8) is 0 Å². The molecular weight excluding hydrogens is 430 g/mol. The molecule has 1 saturated heterocycles. The van der Waals surface area contributed by atoms with Gasteiger partial charge in [-0.2, -0.15) is 5.10 Å². The molecule has 1 aromatic heterocycles.